The van der Waals surface area contributed by atoms with Gasteiger partial charge in [0, 0.05) is 22.7 Å². The SMILES string of the molecule is CCCOC(=O)c1ccc(OCC(=O)N/N=C/c2cc([N+](=O)[O-])ccc2Cl)cc1. The summed E-state index contributed by atoms with van der Waals surface area (Å²) in [6.07, 6.45) is 1.93. The molecule has 0 bridgehead atoms. The molecular weight excluding hydrogens is 402 g/mol. The molecule has 29 heavy (non-hydrogen) atoms. The number of non-ortho nitro benzene ring substituents is 1. The number of carbonyl (C=O) groups is 2. The van der Waals surface area contributed by atoms with Crippen LogP contribution in [0.2, 0.25) is 5.02 Å². The summed E-state index contributed by atoms with van der Waals surface area (Å²) in [5, 5.41) is 14.7. The highest BCUT2D eigenvalue weighted by Gasteiger charge is 2.09. The van der Waals surface area contributed by atoms with Crippen molar-refractivity contribution in [3.05, 3.63) is 68.7 Å². The largest absolute Gasteiger partial charge is 0.484 e. The lowest BCUT2D eigenvalue weighted by atomic mass is 10.2. The van der Waals surface area contributed by atoms with Gasteiger partial charge in [0.2, 0.25) is 0 Å². The van der Waals surface area contributed by atoms with Gasteiger partial charge >= 0.3 is 5.97 Å². The molecule has 0 aliphatic heterocycles. The van der Waals surface area contributed by atoms with E-state index in [1.54, 1.807) is 12.1 Å². The zero-order valence-electron chi connectivity index (χ0n) is 15.5. The number of nitro benzene ring substituents is 1. The molecule has 152 valence electrons. The molecule has 1 N–H and O–H groups in total. The Kier molecular flexibility index (Phi) is 8.11. The van der Waals surface area contributed by atoms with Gasteiger partial charge in [-0.2, -0.15) is 5.10 Å². The van der Waals surface area contributed by atoms with Crippen molar-refractivity contribution >= 4 is 35.4 Å². The van der Waals surface area contributed by atoms with Gasteiger partial charge in [0.05, 0.1) is 23.3 Å². The van der Waals surface area contributed by atoms with Crippen molar-refractivity contribution in [2.24, 2.45) is 5.10 Å². The summed E-state index contributed by atoms with van der Waals surface area (Å²) in [4.78, 5) is 33.7. The maximum atomic E-state index is 11.8. The highest BCUT2D eigenvalue weighted by atomic mass is 35.5. The van der Waals surface area contributed by atoms with Gasteiger partial charge in [-0.15, -0.1) is 0 Å². The molecule has 2 aromatic rings. The van der Waals surface area contributed by atoms with E-state index in [4.69, 9.17) is 21.1 Å². The van der Waals surface area contributed by atoms with Crippen molar-refractivity contribution in [2.45, 2.75) is 13.3 Å². The van der Waals surface area contributed by atoms with Crippen LogP contribution >= 0.6 is 11.6 Å². The van der Waals surface area contributed by atoms with E-state index in [1.165, 1.54) is 36.5 Å². The first-order chi connectivity index (χ1) is 13.9. The summed E-state index contributed by atoms with van der Waals surface area (Å²) in [7, 11) is 0. The minimum atomic E-state index is -0.561. The Labute approximate surface area is 171 Å². The lowest BCUT2D eigenvalue weighted by molar-refractivity contribution is -0.384. The third kappa shape index (κ3) is 6.89. The Morgan fingerprint density at radius 2 is 1.97 bits per heavy atom. The second-order valence-corrected chi connectivity index (χ2v) is 6.11. The van der Waals surface area contributed by atoms with Crippen LogP contribution in [-0.2, 0) is 9.53 Å². The highest BCUT2D eigenvalue weighted by molar-refractivity contribution is 6.33. The maximum absolute atomic E-state index is 11.8. The normalized spacial score (nSPS) is 10.6. The predicted molar refractivity (Wildman–Crippen MR) is 106 cm³/mol. The molecule has 2 rings (SSSR count). The van der Waals surface area contributed by atoms with Crippen LogP contribution < -0.4 is 10.2 Å². The second-order valence-electron chi connectivity index (χ2n) is 5.71. The molecule has 0 saturated carbocycles. The number of nitro groups is 1. The zero-order chi connectivity index (χ0) is 21.2. The van der Waals surface area contributed by atoms with Crippen molar-refractivity contribution in [3.8, 4) is 5.75 Å². The molecule has 0 unspecified atom stereocenters. The van der Waals surface area contributed by atoms with Crippen molar-refractivity contribution < 1.29 is 24.0 Å². The van der Waals surface area contributed by atoms with Crippen LogP contribution in [0.1, 0.15) is 29.3 Å². The van der Waals surface area contributed by atoms with E-state index < -0.39 is 16.8 Å². The number of esters is 1. The van der Waals surface area contributed by atoms with Gasteiger partial charge in [0.25, 0.3) is 11.6 Å². The lowest BCUT2D eigenvalue weighted by Gasteiger charge is -2.06. The van der Waals surface area contributed by atoms with Gasteiger partial charge < -0.3 is 9.47 Å². The van der Waals surface area contributed by atoms with Crippen molar-refractivity contribution in [1.29, 1.82) is 0 Å². The number of amides is 1. The van der Waals surface area contributed by atoms with Gasteiger partial charge in [-0.3, -0.25) is 14.9 Å². The highest BCUT2D eigenvalue weighted by Crippen LogP contribution is 2.20. The molecular formula is C19H18ClN3O6. The molecule has 2 aromatic carbocycles. The summed E-state index contributed by atoms with van der Waals surface area (Å²) in [6.45, 7) is 1.93. The summed E-state index contributed by atoms with van der Waals surface area (Å²) in [6, 6.07) is 10.0. The van der Waals surface area contributed by atoms with E-state index in [-0.39, 0.29) is 22.9 Å². The molecule has 0 heterocycles. The molecule has 0 aliphatic rings. The van der Waals surface area contributed by atoms with Crippen molar-refractivity contribution in [3.63, 3.8) is 0 Å². The standard InChI is InChI=1S/C19H18ClN3O6/c1-2-9-28-19(25)13-3-6-16(7-4-13)29-12-18(24)22-21-11-14-10-15(23(26)27)5-8-17(14)20/h3-8,10-11H,2,9,12H2,1H3,(H,22,24)/b21-11+. The molecule has 0 atom stereocenters. The molecule has 10 heteroatoms. The fourth-order valence-electron chi connectivity index (χ4n) is 2.06. The molecule has 0 saturated heterocycles. The monoisotopic (exact) mass is 419 g/mol. The number of halogens is 1. The van der Waals surface area contributed by atoms with Crippen LogP contribution in [0.15, 0.2) is 47.6 Å². The predicted octanol–water partition coefficient (Wildman–Crippen LogP) is 3.34. The first kappa shape index (κ1) is 21.8. The Bertz CT molecular complexity index is 915. The fraction of sp³-hybridized carbons (Fsp3) is 0.211. The van der Waals surface area contributed by atoms with Gasteiger partial charge in [-0.25, -0.2) is 10.2 Å². The smallest absolute Gasteiger partial charge is 0.338 e. The van der Waals surface area contributed by atoms with Crippen molar-refractivity contribution in [2.75, 3.05) is 13.2 Å². The van der Waals surface area contributed by atoms with Gasteiger partial charge in [0.1, 0.15) is 5.75 Å². The first-order valence-electron chi connectivity index (χ1n) is 8.56. The van der Waals surface area contributed by atoms with Gasteiger partial charge in [0.15, 0.2) is 6.61 Å². The number of ether oxygens (including phenoxy) is 2. The molecule has 1 amide bonds. The first-order valence-corrected chi connectivity index (χ1v) is 8.94. The third-order valence-electron chi connectivity index (χ3n) is 3.48. The zero-order valence-corrected chi connectivity index (χ0v) is 16.2. The summed E-state index contributed by atoms with van der Waals surface area (Å²) < 4.78 is 10.3. The molecule has 0 spiro atoms. The topological polar surface area (TPSA) is 120 Å². The number of nitrogens with one attached hydrogen (secondary N) is 1. The number of hydrazone groups is 1. The Balaban J connectivity index is 1.84. The minimum absolute atomic E-state index is 0.146. The van der Waals surface area contributed by atoms with Crippen LogP contribution in [0.5, 0.6) is 5.75 Å². The Hall–Kier alpha value is -3.46. The average molecular weight is 420 g/mol. The van der Waals surface area contributed by atoms with E-state index in [2.05, 4.69) is 10.5 Å². The van der Waals surface area contributed by atoms with E-state index >= 15 is 0 Å². The van der Waals surface area contributed by atoms with Gasteiger partial charge in [-0.1, -0.05) is 18.5 Å². The van der Waals surface area contributed by atoms with Crippen LogP contribution in [0.4, 0.5) is 5.69 Å². The molecule has 0 fully saturated rings. The number of hydrogen-bond donors (Lipinski definition) is 1. The number of hydrogen-bond acceptors (Lipinski definition) is 7. The average Bonchev–Trinajstić information content (AvgIpc) is 2.72. The van der Waals surface area contributed by atoms with E-state index in [0.29, 0.717) is 17.9 Å². The second kappa shape index (κ2) is 10.8. The van der Waals surface area contributed by atoms with E-state index in [1.807, 2.05) is 6.92 Å². The summed E-state index contributed by atoms with van der Waals surface area (Å²) in [5.74, 6) is -0.586. The van der Waals surface area contributed by atoms with Crippen LogP contribution in [0.25, 0.3) is 0 Å². The number of carbonyl (C=O) groups excluding carboxylic acids is 2. The molecule has 0 aliphatic carbocycles. The van der Waals surface area contributed by atoms with Crippen LogP contribution in [0, 0.1) is 10.1 Å². The lowest BCUT2D eigenvalue weighted by Crippen LogP contribution is -2.24. The number of rotatable bonds is 9. The summed E-state index contributed by atoms with van der Waals surface area (Å²) in [5.41, 5.74) is 2.76. The van der Waals surface area contributed by atoms with E-state index in [9.17, 15) is 19.7 Å². The third-order valence-corrected chi connectivity index (χ3v) is 3.82. The van der Waals surface area contributed by atoms with E-state index in [0.717, 1.165) is 6.42 Å². The minimum Gasteiger partial charge on any atom is -0.484 e. The Morgan fingerprint density at radius 1 is 1.24 bits per heavy atom. The fourth-order valence-corrected chi connectivity index (χ4v) is 2.23. The number of nitrogens with zero attached hydrogens (tertiary/aromatic N) is 2. The molecule has 0 aromatic heterocycles. The Morgan fingerprint density at radius 3 is 2.62 bits per heavy atom. The maximum Gasteiger partial charge on any atom is 0.338 e. The van der Waals surface area contributed by atoms with Crippen LogP contribution in [0.3, 0.4) is 0 Å². The molecule has 0 radical (unpaired) electrons. The quantitative estimate of drug-likeness (QED) is 0.288. The molecule has 9 nitrogen and oxygen atoms in total. The van der Waals surface area contributed by atoms with Crippen molar-refractivity contribution in [1.82, 2.24) is 5.43 Å². The summed E-state index contributed by atoms with van der Waals surface area (Å²) >= 11 is 5.94. The van der Waals surface area contributed by atoms with Gasteiger partial charge in [-0.05, 0) is 36.8 Å². The van der Waals surface area contributed by atoms with Crippen LogP contribution in [-0.4, -0.2) is 36.2 Å². The number of benzene rings is 2.